The van der Waals surface area contributed by atoms with E-state index < -0.39 is 0 Å². The summed E-state index contributed by atoms with van der Waals surface area (Å²) in [4.78, 5) is 0. The molecule has 0 aliphatic carbocycles. The van der Waals surface area contributed by atoms with Gasteiger partial charge in [0.2, 0.25) is 0 Å². The van der Waals surface area contributed by atoms with Crippen LogP contribution in [0.1, 0.15) is 1.37 Å². The topological polar surface area (TPSA) is 9.86 Å². The van der Waals surface area contributed by atoms with Crippen molar-refractivity contribution in [2.45, 2.75) is 0 Å². The van der Waals surface area contributed by atoms with E-state index in [4.69, 9.17) is 1.37 Å². The molecule has 0 fully saturated rings. The summed E-state index contributed by atoms with van der Waals surface area (Å²) in [6.45, 7) is 0. The molecular weight excluding hydrogens is 605 g/mol. The van der Waals surface area contributed by atoms with Crippen molar-refractivity contribution in [1.82, 2.24) is 9.13 Å². The molecule has 0 bridgehead atoms. The number of hydrogen-bond acceptors (Lipinski definition) is 0. The van der Waals surface area contributed by atoms with Gasteiger partial charge >= 0.3 is 0 Å². The van der Waals surface area contributed by atoms with E-state index in [9.17, 15) is 0 Å². The lowest BCUT2D eigenvalue weighted by Gasteiger charge is -2.11. The zero-order valence-corrected chi connectivity index (χ0v) is 27.3. The second-order valence-electron chi connectivity index (χ2n) is 12.9. The van der Waals surface area contributed by atoms with Gasteiger partial charge in [0.05, 0.1) is 23.4 Å². The number of nitrogens with zero attached hydrogens (tertiary/aromatic N) is 2. The zero-order chi connectivity index (χ0) is 33.9. The molecule has 0 unspecified atom stereocenters. The van der Waals surface area contributed by atoms with Crippen LogP contribution >= 0.6 is 0 Å². The van der Waals surface area contributed by atoms with Crippen LogP contribution in [0.2, 0.25) is 0 Å². The Balaban J connectivity index is 1.09. The average molecular weight is 638 g/mol. The van der Waals surface area contributed by atoms with Gasteiger partial charge < -0.3 is 9.13 Å². The van der Waals surface area contributed by atoms with Gasteiger partial charge in [-0.2, -0.15) is 0 Å². The maximum atomic E-state index is 7.83. The Labute approximate surface area is 292 Å². The molecule has 8 aromatic carbocycles. The van der Waals surface area contributed by atoms with Crippen LogP contribution in [0, 0.1) is 0 Å². The van der Waals surface area contributed by atoms with E-state index in [0.717, 1.165) is 22.5 Å². The van der Waals surface area contributed by atoms with Gasteiger partial charge in [-0.25, -0.2) is 0 Å². The van der Waals surface area contributed by atoms with E-state index in [1.54, 1.807) is 0 Å². The van der Waals surface area contributed by atoms with Crippen LogP contribution in [0.15, 0.2) is 194 Å². The Morgan fingerprint density at radius 1 is 0.280 bits per heavy atom. The van der Waals surface area contributed by atoms with E-state index in [1.807, 2.05) is 24.3 Å². The number of fused-ring (bicyclic) bond motifs is 6. The maximum absolute atomic E-state index is 7.83. The molecule has 0 spiro atoms. The van der Waals surface area contributed by atoms with Crippen LogP contribution in [-0.4, -0.2) is 9.13 Å². The molecule has 2 heterocycles. The fourth-order valence-electron chi connectivity index (χ4n) is 7.70. The minimum atomic E-state index is 0.525. The summed E-state index contributed by atoms with van der Waals surface area (Å²) in [5.41, 5.74) is 14.1. The first-order valence-electron chi connectivity index (χ1n) is 17.6. The van der Waals surface area contributed by atoms with E-state index in [2.05, 4.69) is 173 Å². The fourth-order valence-corrected chi connectivity index (χ4v) is 7.70. The van der Waals surface area contributed by atoms with E-state index in [-0.39, 0.29) is 0 Å². The monoisotopic (exact) mass is 637 g/mol. The van der Waals surface area contributed by atoms with Crippen molar-refractivity contribution >= 4 is 43.6 Å². The summed E-state index contributed by atoms with van der Waals surface area (Å²) in [5.74, 6) is 0. The number of para-hydroxylation sites is 2. The Hall–Kier alpha value is -6.64. The molecule has 0 atom stereocenters. The number of hydrogen-bond donors (Lipinski definition) is 0. The lowest BCUT2D eigenvalue weighted by molar-refractivity contribution is 1.18. The first-order chi connectivity index (χ1) is 25.2. The van der Waals surface area contributed by atoms with Crippen LogP contribution < -0.4 is 0 Å². The molecule has 2 heteroatoms. The van der Waals surface area contributed by atoms with Crippen LogP contribution in [0.3, 0.4) is 0 Å². The summed E-state index contributed by atoms with van der Waals surface area (Å²) >= 11 is 0. The van der Waals surface area contributed by atoms with Crippen molar-refractivity contribution in [1.29, 1.82) is 0 Å². The number of rotatable bonds is 5. The highest BCUT2D eigenvalue weighted by molar-refractivity contribution is 6.12. The molecule has 234 valence electrons. The van der Waals surface area contributed by atoms with Crippen LogP contribution in [0.5, 0.6) is 0 Å². The van der Waals surface area contributed by atoms with Gasteiger partial charge in [-0.15, -0.1) is 0 Å². The van der Waals surface area contributed by atoms with Gasteiger partial charge in [0.25, 0.3) is 0 Å². The SMILES string of the molecule is [2H]c1ccc(-c2ccc(-n3c4ccccc4c4cc(-c5ccc6c(c5)c5ccccc5n6-c5cccc(-c6ccccc6)c5)ccc43)cc2)cc1. The van der Waals surface area contributed by atoms with Gasteiger partial charge in [0.15, 0.2) is 0 Å². The van der Waals surface area contributed by atoms with Crippen molar-refractivity contribution < 1.29 is 1.37 Å². The normalized spacial score (nSPS) is 11.9. The standard InChI is InChI=1S/C48H32N2/c1-3-12-33(13-4-1)35-22-26-39(27-23-35)49-45-20-9-7-18-41(45)43-31-37(24-28-47(43)49)38-25-29-48-44(32-38)42-19-8-10-21-46(42)50(48)40-17-11-16-36(30-40)34-14-5-2-6-15-34/h1-32H/i1D. The minimum Gasteiger partial charge on any atom is -0.309 e. The number of aromatic nitrogens is 2. The third-order valence-electron chi connectivity index (χ3n) is 10.1. The fraction of sp³-hybridized carbons (Fsp3) is 0. The van der Waals surface area contributed by atoms with Crippen LogP contribution in [0.4, 0.5) is 0 Å². The maximum Gasteiger partial charge on any atom is 0.0623 e. The lowest BCUT2D eigenvalue weighted by Crippen LogP contribution is -1.94. The largest absolute Gasteiger partial charge is 0.309 e. The first-order valence-corrected chi connectivity index (χ1v) is 17.1. The summed E-state index contributed by atoms with van der Waals surface area (Å²) in [6.07, 6.45) is 0. The van der Waals surface area contributed by atoms with Gasteiger partial charge in [0.1, 0.15) is 0 Å². The van der Waals surface area contributed by atoms with Crippen molar-refractivity contribution in [3.8, 4) is 44.8 Å². The highest BCUT2D eigenvalue weighted by Crippen LogP contribution is 2.39. The Bertz CT molecular complexity index is 2900. The Kier molecular flexibility index (Phi) is 6.29. The average Bonchev–Trinajstić information content (AvgIpc) is 3.71. The van der Waals surface area contributed by atoms with Gasteiger partial charge in [-0.05, 0) is 94.0 Å². The molecule has 0 saturated carbocycles. The predicted octanol–water partition coefficient (Wildman–Crippen LogP) is 12.9. The van der Waals surface area contributed by atoms with Gasteiger partial charge in [-0.3, -0.25) is 0 Å². The Morgan fingerprint density at radius 2 is 0.720 bits per heavy atom. The first kappa shape index (κ1) is 27.3. The molecule has 10 rings (SSSR count). The summed E-state index contributed by atoms with van der Waals surface area (Å²) in [7, 11) is 0. The van der Waals surface area contributed by atoms with Crippen LogP contribution in [0.25, 0.3) is 88.4 Å². The molecule has 0 amide bonds. The van der Waals surface area contributed by atoms with Crippen LogP contribution in [-0.2, 0) is 0 Å². The van der Waals surface area contributed by atoms with Gasteiger partial charge in [-0.1, -0.05) is 133 Å². The van der Waals surface area contributed by atoms with Crippen molar-refractivity contribution in [2.24, 2.45) is 0 Å². The second-order valence-corrected chi connectivity index (χ2v) is 12.9. The smallest absolute Gasteiger partial charge is 0.0623 e. The second kappa shape index (κ2) is 11.5. The minimum absolute atomic E-state index is 0.525. The van der Waals surface area contributed by atoms with Crippen molar-refractivity contribution in [2.75, 3.05) is 0 Å². The van der Waals surface area contributed by atoms with Crippen molar-refractivity contribution in [3.63, 3.8) is 0 Å². The van der Waals surface area contributed by atoms with E-state index in [0.29, 0.717) is 6.04 Å². The van der Waals surface area contributed by atoms with Gasteiger partial charge in [0, 0.05) is 32.9 Å². The Morgan fingerprint density at radius 3 is 1.36 bits per heavy atom. The quantitative estimate of drug-likeness (QED) is 0.178. The molecule has 10 aromatic rings. The molecule has 2 nitrogen and oxygen atoms in total. The lowest BCUT2D eigenvalue weighted by atomic mass is 10.0. The van der Waals surface area contributed by atoms with E-state index in [1.165, 1.54) is 65.9 Å². The summed E-state index contributed by atoms with van der Waals surface area (Å²) in [5, 5.41) is 4.96. The summed E-state index contributed by atoms with van der Waals surface area (Å²) in [6, 6.07) is 67.6. The molecule has 50 heavy (non-hydrogen) atoms. The molecular formula is C48H32N2. The molecule has 0 aliphatic rings. The third-order valence-corrected chi connectivity index (χ3v) is 10.1. The number of benzene rings is 8. The molecule has 0 radical (unpaired) electrons. The van der Waals surface area contributed by atoms with Crippen molar-refractivity contribution in [3.05, 3.63) is 194 Å². The molecule has 0 saturated heterocycles. The summed E-state index contributed by atoms with van der Waals surface area (Å²) < 4.78 is 12.6. The van der Waals surface area contributed by atoms with E-state index >= 15 is 0 Å². The molecule has 2 aromatic heterocycles. The highest BCUT2D eigenvalue weighted by Gasteiger charge is 2.16. The molecule has 0 aliphatic heterocycles. The molecule has 0 N–H and O–H groups in total. The zero-order valence-electron chi connectivity index (χ0n) is 28.3. The highest BCUT2D eigenvalue weighted by atomic mass is 15.0. The third kappa shape index (κ3) is 4.57. The predicted molar refractivity (Wildman–Crippen MR) is 211 cm³/mol.